The third-order valence-electron chi connectivity index (χ3n) is 4.94. The number of carbonyl (C=O) groups excluding carboxylic acids is 2. The van der Waals surface area contributed by atoms with Crippen molar-refractivity contribution in [1.82, 2.24) is 4.57 Å². The van der Waals surface area contributed by atoms with E-state index in [0.717, 1.165) is 16.5 Å². The van der Waals surface area contributed by atoms with E-state index in [1.807, 2.05) is 57.2 Å². The lowest BCUT2D eigenvalue weighted by atomic mass is 9.96. The Morgan fingerprint density at radius 2 is 1.79 bits per heavy atom. The summed E-state index contributed by atoms with van der Waals surface area (Å²) in [7, 11) is 0. The summed E-state index contributed by atoms with van der Waals surface area (Å²) in [5.74, 6) is -0.124. The number of rotatable bonds is 1. The van der Waals surface area contributed by atoms with Crippen LogP contribution in [0, 0.1) is 0 Å². The lowest BCUT2D eigenvalue weighted by molar-refractivity contribution is 0.0548. The fourth-order valence-corrected chi connectivity index (χ4v) is 3.73. The van der Waals surface area contributed by atoms with E-state index in [0.29, 0.717) is 17.7 Å². The molecule has 0 radical (unpaired) electrons. The summed E-state index contributed by atoms with van der Waals surface area (Å²) in [4.78, 5) is 27.1. The molecule has 0 fully saturated rings. The summed E-state index contributed by atoms with van der Waals surface area (Å²) < 4.78 is 7.11. The van der Waals surface area contributed by atoms with Crippen LogP contribution in [0.4, 0.5) is 10.5 Å². The number of nitrogens with zero attached hydrogens (tertiary/aromatic N) is 2. The fraction of sp³-hybridized carbons (Fsp3) is 0.304. The Morgan fingerprint density at radius 1 is 1.07 bits per heavy atom. The van der Waals surface area contributed by atoms with Crippen LogP contribution in [0.25, 0.3) is 10.9 Å². The molecule has 1 amide bonds. The lowest BCUT2D eigenvalue weighted by Gasteiger charge is -2.34. The minimum Gasteiger partial charge on any atom is -0.443 e. The Morgan fingerprint density at radius 3 is 2.48 bits per heavy atom. The number of carbonyl (C=O) groups is 2. The minimum absolute atomic E-state index is 0.124. The topological polar surface area (TPSA) is 71.8 Å². The quantitative estimate of drug-likeness (QED) is 0.680. The van der Waals surface area contributed by atoms with Crippen LogP contribution in [-0.4, -0.2) is 39.9 Å². The van der Waals surface area contributed by atoms with Crippen LogP contribution in [0.2, 0.25) is 0 Å². The van der Waals surface area contributed by atoms with Crippen LogP contribution in [0.1, 0.15) is 36.7 Å². The number of aromatic nitrogens is 1. The maximum absolute atomic E-state index is 12.9. The molecule has 1 unspecified atom stereocenters. The van der Waals surface area contributed by atoms with Crippen molar-refractivity contribution in [3.63, 3.8) is 0 Å². The Bertz CT molecular complexity index is 1080. The fourth-order valence-electron chi connectivity index (χ4n) is 3.73. The maximum Gasteiger partial charge on any atom is 0.414 e. The first kappa shape index (κ1) is 19.2. The third kappa shape index (κ3) is 3.63. The molecular weight excluding hydrogens is 368 g/mol. The van der Waals surface area contributed by atoms with Crippen LogP contribution in [-0.2, 0) is 11.2 Å². The normalized spacial score (nSPS) is 16.6. The predicted octanol–water partition coefficient (Wildman–Crippen LogP) is 3.99. The number of β-amino-alcohol motifs (C(OH)–C–C–N with tert-alkyl or cyclic N) is 1. The van der Waals surface area contributed by atoms with E-state index < -0.39 is 17.8 Å². The lowest BCUT2D eigenvalue weighted by Crippen LogP contribution is -2.45. The minimum atomic E-state index is -0.700. The van der Waals surface area contributed by atoms with Crippen molar-refractivity contribution < 1.29 is 19.4 Å². The molecule has 2 aromatic carbocycles. The van der Waals surface area contributed by atoms with Crippen LogP contribution in [0.5, 0.6) is 0 Å². The van der Waals surface area contributed by atoms with E-state index in [4.69, 9.17) is 4.74 Å². The van der Waals surface area contributed by atoms with Crippen LogP contribution < -0.4 is 4.90 Å². The average molecular weight is 392 g/mol. The average Bonchev–Trinajstić information content (AvgIpc) is 3.10. The van der Waals surface area contributed by atoms with Crippen LogP contribution >= 0.6 is 0 Å². The molecule has 2 heterocycles. The van der Waals surface area contributed by atoms with E-state index in [2.05, 4.69) is 0 Å². The van der Waals surface area contributed by atoms with E-state index in [-0.39, 0.29) is 12.5 Å². The molecule has 6 heteroatoms. The number of benzene rings is 2. The molecule has 3 aromatic rings. The van der Waals surface area contributed by atoms with Crippen molar-refractivity contribution >= 4 is 28.6 Å². The monoisotopic (exact) mass is 392 g/mol. The molecule has 1 aliphatic heterocycles. The van der Waals surface area contributed by atoms with Gasteiger partial charge in [0.1, 0.15) is 5.60 Å². The summed E-state index contributed by atoms with van der Waals surface area (Å²) in [6, 6.07) is 14.6. The highest BCUT2D eigenvalue weighted by Gasteiger charge is 2.32. The van der Waals surface area contributed by atoms with E-state index in [9.17, 15) is 14.7 Å². The summed E-state index contributed by atoms with van der Waals surface area (Å²) in [6.07, 6.45) is 0.958. The van der Waals surface area contributed by atoms with Crippen LogP contribution in [0.15, 0.2) is 54.7 Å². The van der Waals surface area contributed by atoms with Crippen molar-refractivity contribution in [2.24, 2.45) is 0 Å². The van der Waals surface area contributed by atoms with Gasteiger partial charge in [0.25, 0.3) is 5.91 Å². The van der Waals surface area contributed by atoms with Crippen LogP contribution in [0.3, 0.4) is 0 Å². The molecule has 4 rings (SSSR count). The van der Waals surface area contributed by atoms with Crippen molar-refractivity contribution in [3.05, 3.63) is 65.9 Å². The van der Waals surface area contributed by atoms with Gasteiger partial charge in [0, 0.05) is 23.6 Å². The van der Waals surface area contributed by atoms with Gasteiger partial charge < -0.3 is 9.84 Å². The summed E-state index contributed by atoms with van der Waals surface area (Å²) in [5.41, 5.74) is 2.26. The largest absolute Gasteiger partial charge is 0.443 e. The molecule has 0 saturated heterocycles. The summed E-state index contributed by atoms with van der Waals surface area (Å²) in [6.45, 7) is 5.61. The molecule has 0 aliphatic carbocycles. The van der Waals surface area contributed by atoms with Crippen molar-refractivity contribution in [3.8, 4) is 0 Å². The third-order valence-corrected chi connectivity index (χ3v) is 4.94. The second kappa shape index (κ2) is 7.04. The highest BCUT2D eigenvalue weighted by atomic mass is 16.6. The van der Waals surface area contributed by atoms with Gasteiger partial charge >= 0.3 is 6.09 Å². The molecule has 150 valence electrons. The number of amides is 1. The van der Waals surface area contributed by atoms with E-state index in [1.54, 1.807) is 22.9 Å². The van der Waals surface area contributed by atoms with Gasteiger partial charge in [0.2, 0.25) is 0 Å². The van der Waals surface area contributed by atoms with Gasteiger partial charge in [-0.25, -0.2) is 4.79 Å². The highest BCUT2D eigenvalue weighted by Crippen LogP contribution is 2.35. The predicted molar refractivity (Wildman–Crippen MR) is 111 cm³/mol. The Kier molecular flexibility index (Phi) is 4.67. The van der Waals surface area contributed by atoms with Gasteiger partial charge in [-0.1, -0.05) is 18.2 Å². The smallest absolute Gasteiger partial charge is 0.414 e. The SMILES string of the molecule is CC(C)(C)OC(=O)N1CC(O)Cc2c1ccc1c2ccn1C(=O)c1ccccc1. The number of aliphatic hydroxyl groups excluding tert-OH is 1. The van der Waals surface area contributed by atoms with Gasteiger partial charge in [-0.15, -0.1) is 0 Å². The number of aliphatic hydroxyl groups is 1. The molecule has 1 aromatic heterocycles. The molecule has 29 heavy (non-hydrogen) atoms. The Balaban J connectivity index is 1.77. The number of anilines is 1. The van der Waals surface area contributed by atoms with Gasteiger partial charge in [-0.3, -0.25) is 14.3 Å². The van der Waals surface area contributed by atoms with Gasteiger partial charge in [-0.2, -0.15) is 0 Å². The molecule has 0 bridgehead atoms. The van der Waals surface area contributed by atoms with Gasteiger partial charge in [0.05, 0.1) is 23.9 Å². The van der Waals surface area contributed by atoms with Gasteiger partial charge in [-0.05, 0) is 56.7 Å². The van der Waals surface area contributed by atoms with E-state index in [1.165, 1.54) is 4.90 Å². The van der Waals surface area contributed by atoms with Crippen molar-refractivity contribution in [2.75, 3.05) is 11.4 Å². The number of ether oxygens (including phenoxy) is 1. The second-order valence-corrected chi connectivity index (χ2v) is 8.30. The summed E-state index contributed by atoms with van der Waals surface area (Å²) in [5, 5.41) is 11.3. The Labute approximate surface area is 169 Å². The first-order valence-corrected chi connectivity index (χ1v) is 9.66. The molecule has 1 N–H and O–H groups in total. The molecule has 1 aliphatic rings. The molecule has 0 spiro atoms. The number of hydrogen-bond acceptors (Lipinski definition) is 4. The summed E-state index contributed by atoms with van der Waals surface area (Å²) >= 11 is 0. The van der Waals surface area contributed by atoms with Crippen molar-refractivity contribution in [2.45, 2.75) is 38.9 Å². The van der Waals surface area contributed by atoms with Gasteiger partial charge in [0.15, 0.2) is 0 Å². The number of fused-ring (bicyclic) bond motifs is 3. The first-order valence-electron chi connectivity index (χ1n) is 9.66. The Hall–Kier alpha value is -3.12. The zero-order valence-corrected chi connectivity index (χ0v) is 16.8. The molecular formula is C23H24N2O4. The highest BCUT2D eigenvalue weighted by molar-refractivity contribution is 6.04. The number of hydrogen-bond donors (Lipinski definition) is 1. The molecule has 0 saturated carbocycles. The zero-order chi connectivity index (χ0) is 20.8. The second-order valence-electron chi connectivity index (χ2n) is 8.30. The van der Waals surface area contributed by atoms with Crippen molar-refractivity contribution in [1.29, 1.82) is 0 Å². The molecule has 6 nitrogen and oxygen atoms in total. The first-order chi connectivity index (χ1) is 13.7. The molecule has 1 atom stereocenters. The standard InChI is InChI=1S/C23H24N2O4/c1-23(2,3)29-22(28)25-14-16(26)13-18-17-11-12-24(19(17)9-10-20(18)25)21(27)15-7-5-4-6-8-15/h4-12,16,26H,13-14H2,1-3H3. The zero-order valence-electron chi connectivity index (χ0n) is 16.8. The maximum atomic E-state index is 12.9. The van der Waals surface area contributed by atoms with E-state index >= 15 is 0 Å².